The summed E-state index contributed by atoms with van der Waals surface area (Å²) in [5.41, 5.74) is 0.855. The standard InChI is InChI=1S/C16H16ClFN2O/c1-10-3-2-6-20(9-10)16(21)13-7-11-4-5-12(18)8-14(11)19-15(13)17/h4-5,7-8,10H,2-3,6,9H2,1H3. The quantitative estimate of drug-likeness (QED) is 0.749. The van der Waals surface area contributed by atoms with Crippen molar-refractivity contribution in [1.82, 2.24) is 9.88 Å². The third-order valence-corrected chi connectivity index (χ3v) is 4.20. The highest BCUT2D eigenvalue weighted by Gasteiger charge is 2.24. The maximum atomic E-state index is 13.2. The Labute approximate surface area is 127 Å². The van der Waals surface area contributed by atoms with Crippen molar-refractivity contribution in [2.45, 2.75) is 19.8 Å². The molecule has 1 amide bonds. The number of halogens is 2. The molecule has 3 nitrogen and oxygen atoms in total. The van der Waals surface area contributed by atoms with Crippen LogP contribution in [0, 0.1) is 11.7 Å². The van der Waals surface area contributed by atoms with Gasteiger partial charge in [0.15, 0.2) is 0 Å². The first kappa shape index (κ1) is 14.3. The van der Waals surface area contributed by atoms with Gasteiger partial charge in [0.25, 0.3) is 5.91 Å². The molecule has 110 valence electrons. The second kappa shape index (κ2) is 5.60. The van der Waals surface area contributed by atoms with Crippen LogP contribution < -0.4 is 0 Å². The maximum Gasteiger partial charge on any atom is 0.257 e. The van der Waals surface area contributed by atoms with Gasteiger partial charge in [-0.15, -0.1) is 0 Å². The van der Waals surface area contributed by atoms with Gasteiger partial charge in [0, 0.05) is 24.5 Å². The molecule has 0 radical (unpaired) electrons. The van der Waals surface area contributed by atoms with Gasteiger partial charge in [-0.25, -0.2) is 9.37 Å². The predicted molar refractivity (Wildman–Crippen MR) is 81.0 cm³/mol. The van der Waals surface area contributed by atoms with E-state index in [1.54, 1.807) is 12.1 Å². The molecular weight excluding hydrogens is 291 g/mol. The number of rotatable bonds is 1. The first-order valence-electron chi connectivity index (χ1n) is 7.09. The number of aromatic nitrogens is 1. The van der Waals surface area contributed by atoms with Crippen LogP contribution in [-0.4, -0.2) is 28.9 Å². The fourth-order valence-corrected chi connectivity index (χ4v) is 3.04. The van der Waals surface area contributed by atoms with Gasteiger partial charge in [-0.05, 0) is 37.0 Å². The van der Waals surface area contributed by atoms with E-state index >= 15 is 0 Å². The van der Waals surface area contributed by atoms with Crippen molar-refractivity contribution in [1.29, 1.82) is 0 Å². The van der Waals surface area contributed by atoms with Crippen molar-refractivity contribution in [3.63, 3.8) is 0 Å². The normalized spacial score (nSPS) is 19.0. The van der Waals surface area contributed by atoms with Gasteiger partial charge >= 0.3 is 0 Å². The van der Waals surface area contributed by atoms with Crippen LogP contribution in [0.5, 0.6) is 0 Å². The molecule has 1 aromatic carbocycles. The highest BCUT2D eigenvalue weighted by Crippen LogP contribution is 2.24. The topological polar surface area (TPSA) is 33.2 Å². The van der Waals surface area contributed by atoms with E-state index in [9.17, 15) is 9.18 Å². The summed E-state index contributed by atoms with van der Waals surface area (Å²) in [7, 11) is 0. The SMILES string of the molecule is CC1CCCN(C(=O)c2cc3ccc(F)cc3nc2Cl)C1. The molecule has 0 saturated carbocycles. The van der Waals surface area contributed by atoms with Crippen LogP contribution in [0.2, 0.25) is 5.15 Å². The molecule has 0 bridgehead atoms. The molecule has 1 aliphatic rings. The Bertz CT molecular complexity index is 704. The molecule has 0 N–H and O–H groups in total. The van der Waals surface area contributed by atoms with Crippen LogP contribution >= 0.6 is 11.6 Å². The minimum Gasteiger partial charge on any atom is -0.338 e. The van der Waals surface area contributed by atoms with Gasteiger partial charge in [0.1, 0.15) is 11.0 Å². The first-order chi connectivity index (χ1) is 10.0. The number of nitrogens with zero attached hydrogens (tertiary/aromatic N) is 2. The Kier molecular flexibility index (Phi) is 3.81. The molecule has 5 heteroatoms. The summed E-state index contributed by atoms with van der Waals surface area (Å²) in [6.07, 6.45) is 2.16. The van der Waals surface area contributed by atoms with Crippen molar-refractivity contribution in [3.8, 4) is 0 Å². The van der Waals surface area contributed by atoms with E-state index in [0.29, 0.717) is 22.4 Å². The minimum absolute atomic E-state index is 0.0923. The number of likely N-dealkylation sites (tertiary alicyclic amines) is 1. The van der Waals surface area contributed by atoms with Gasteiger partial charge in [-0.1, -0.05) is 18.5 Å². The van der Waals surface area contributed by atoms with Crippen molar-refractivity contribution in [2.24, 2.45) is 5.92 Å². The van der Waals surface area contributed by atoms with Crippen LogP contribution in [0.1, 0.15) is 30.1 Å². The number of carbonyl (C=O) groups excluding carboxylic acids is 1. The van der Waals surface area contributed by atoms with Crippen molar-refractivity contribution in [3.05, 3.63) is 40.8 Å². The molecule has 1 aromatic heterocycles. The highest BCUT2D eigenvalue weighted by atomic mass is 35.5. The van der Waals surface area contributed by atoms with E-state index in [1.807, 2.05) is 4.90 Å². The molecule has 1 fully saturated rings. The van der Waals surface area contributed by atoms with E-state index < -0.39 is 0 Å². The largest absolute Gasteiger partial charge is 0.338 e. The Morgan fingerprint density at radius 3 is 3.00 bits per heavy atom. The number of amides is 1. The molecule has 3 rings (SSSR count). The lowest BCUT2D eigenvalue weighted by Gasteiger charge is -2.31. The van der Waals surface area contributed by atoms with Crippen LogP contribution in [0.4, 0.5) is 4.39 Å². The monoisotopic (exact) mass is 306 g/mol. The van der Waals surface area contributed by atoms with E-state index in [2.05, 4.69) is 11.9 Å². The Hall–Kier alpha value is -1.68. The van der Waals surface area contributed by atoms with Crippen molar-refractivity contribution < 1.29 is 9.18 Å². The lowest BCUT2D eigenvalue weighted by atomic mass is 9.99. The van der Waals surface area contributed by atoms with Crippen molar-refractivity contribution >= 4 is 28.4 Å². The molecule has 1 saturated heterocycles. The summed E-state index contributed by atoms with van der Waals surface area (Å²) in [5.74, 6) is 0.0456. The zero-order chi connectivity index (χ0) is 15.0. The molecule has 21 heavy (non-hydrogen) atoms. The lowest BCUT2D eigenvalue weighted by Crippen LogP contribution is -2.39. The fraction of sp³-hybridized carbons (Fsp3) is 0.375. The van der Waals surface area contributed by atoms with Crippen LogP contribution in [0.3, 0.4) is 0 Å². The molecule has 2 heterocycles. The number of hydrogen-bond acceptors (Lipinski definition) is 2. The minimum atomic E-state index is -0.366. The zero-order valence-corrected chi connectivity index (χ0v) is 12.5. The van der Waals surface area contributed by atoms with Crippen molar-refractivity contribution in [2.75, 3.05) is 13.1 Å². The van der Waals surface area contributed by atoms with Crippen LogP contribution in [0.25, 0.3) is 10.9 Å². The van der Waals surface area contributed by atoms with Crippen LogP contribution in [0.15, 0.2) is 24.3 Å². The summed E-state index contributed by atoms with van der Waals surface area (Å²) < 4.78 is 13.2. The number of piperidine rings is 1. The maximum absolute atomic E-state index is 13.2. The number of hydrogen-bond donors (Lipinski definition) is 0. The first-order valence-corrected chi connectivity index (χ1v) is 7.47. The lowest BCUT2D eigenvalue weighted by molar-refractivity contribution is 0.0683. The molecule has 1 aliphatic heterocycles. The molecule has 0 aliphatic carbocycles. The molecule has 1 unspecified atom stereocenters. The van der Waals surface area contributed by atoms with Gasteiger partial charge < -0.3 is 4.90 Å². The predicted octanol–water partition coefficient (Wildman–Crippen LogP) is 3.90. The highest BCUT2D eigenvalue weighted by molar-refractivity contribution is 6.33. The third kappa shape index (κ3) is 2.86. The third-order valence-electron chi connectivity index (χ3n) is 3.91. The Morgan fingerprint density at radius 1 is 1.43 bits per heavy atom. The number of pyridine rings is 1. The molecular formula is C16H16ClFN2O. The second-order valence-electron chi connectivity index (χ2n) is 5.66. The summed E-state index contributed by atoms with van der Waals surface area (Å²) in [6, 6.07) is 5.99. The van der Waals surface area contributed by atoms with E-state index in [1.165, 1.54) is 12.1 Å². The summed E-state index contributed by atoms with van der Waals surface area (Å²) in [5, 5.41) is 0.852. The number of carbonyl (C=O) groups is 1. The summed E-state index contributed by atoms with van der Waals surface area (Å²) >= 11 is 6.12. The number of fused-ring (bicyclic) bond motifs is 1. The average molecular weight is 307 g/mol. The second-order valence-corrected chi connectivity index (χ2v) is 6.02. The summed E-state index contributed by atoms with van der Waals surface area (Å²) in [4.78, 5) is 18.6. The fourth-order valence-electron chi connectivity index (χ4n) is 2.81. The van der Waals surface area contributed by atoms with Gasteiger partial charge in [0.2, 0.25) is 0 Å². The average Bonchev–Trinajstić information content (AvgIpc) is 2.45. The van der Waals surface area contributed by atoms with E-state index in [0.717, 1.165) is 25.9 Å². The van der Waals surface area contributed by atoms with Gasteiger partial charge in [-0.2, -0.15) is 0 Å². The molecule has 1 atom stereocenters. The Morgan fingerprint density at radius 2 is 2.24 bits per heavy atom. The summed E-state index contributed by atoms with van der Waals surface area (Å²) in [6.45, 7) is 3.64. The van der Waals surface area contributed by atoms with Gasteiger partial charge in [0.05, 0.1) is 11.1 Å². The smallest absolute Gasteiger partial charge is 0.257 e. The molecule has 2 aromatic rings. The molecule has 0 spiro atoms. The number of benzene rings is 1. The Balaban J connectivity index is 1.97. The van der Waals surface area contributed by atoms with Crippen LogP contribution in [-0.2, 0) is 0 Å². The van der Waals surface area contributed by atoms with E-state index in [4.69, 9.17) is 11.6 Å². The zero-order valence-electron chi connectivity index (χ0n) is 11.8. The van der Waals surface area contributed by atoms with E-state index in [-0.39, 0.29) is 16.9 Å². The van der Waals surface area contributed by atoms with Gasteiger partial charge in [-0.3, -0.25) is 4.79 Å².